The first-order valence-corrected chi connectivity index (χ1v) is 11.4. The summed E-state index contributed by atoms with van der Waals surface area (Å²) in [6.45, 7) is 0.859. The molecule has 1 fully saturated rings. The number of ether oxygens (including phenoxy) is 2. The lowest BCUT2D eigenvalue weighted by Gasteiger charge is -2.17. The van der Waals surface area contributed by atoms with Crippen molar-refractivity contribution in [2.45, 2.75) is 18.9 Å². The van der Waals surface area contributed by atoms with Crippen molar-refractivity contribution in [3.63, 3.8) is 0 Å². The number of carbonyl (C=O) groups excluding carboxylic acids is 3. The molecule has 3 amide bonds. The molecule has 0 spiro atoms. The topological polar surface area (TPSA) is 128 Å². The molecule has 0 radical (unpaired) electrons. The maximum Gasteiger partial charge on any atom is 0.282 e. The number of nitro groups is 1. The summed E-state index contributed by atoms with van der Waals surface area (Å²) in [6, 6.07) is 16.8. The quantitative estimate of drug-likeness (QED) is 0.297. The standard InChI is InChI=1S/C26H21N3O7/c30-24(21-8-1-2-9-23(21)29(33)34)27-16-5-3-6-17(13-16)36-18-10-11-20-22(14-18)26(32)28(25(20)31)15-19-7-4-12-35-19/h1-3,5-6,8-11,13-14,19H,4,7,12,15H2,(H,27,30). The third-order valence-electron chi connectivity index (χ3n) is 6.03. The summed E-state index contributed by atoms with van der Waals surface area (Å²) in [5, 5.41) is 13.9. The molecule has 2 heterocycles. The highest BCUT2D eigenvalue weighted by Crippen LogP contribution is 2.31. The van der Waals surface area contributed by atoms with Crippen molar-refractivity contribution in [2.75, 3.05) is 18.5 Å². The second kappa shape index (κ2) is 9.59. The molecule has 0 aromatic heterocycles. The number of imide groups is 1. The molecular formula is C26H21N3O7. The van der Waals surface area contributed by atoms with Crippen LogP contribution in [0, 0.1) is 10.1 Å². The summed E-state index contributed by atoms with van der Waals surface area (Å²) in [4.78, 5) is 50.0. The smallest absolute Gasteiger partial charge is 0.282 e. The van der Waals surface area contributed by atoms with E-state index in [9.17, 15) is 24.5 Å². The molecule has 182 valence electrons. The Kier molecular flexibility index (Phi) is 6.17. The number of anilines is 1. The average molecular weight is 487 g/mol. The predicted molar refractivity (Wildman–Crippen MR) is 128 cm³/mol. The number of benzene rings is 3. The zero-order valence-corrected chi connectivity index (χ0v) is 19.0. The Labute approximate surface area is 205 Å². The number of nitrogens with zero attached hydrogens (tertiary/aromatic N) is 2. The lowest BCUT2D eigenvalue weighted by Crippen LogP contribution is -2.36. The number of nitro benzene ring substituents is 1. The summed E-state index contributed by atoms with van der Waals surface area (Å²) in [6.07, 6.45) is 1.58. The van der Waals surface area contributed by atoms with Crippen LogP contribution in [0.4, 0.5) is 11.4 Å². The molecule has 1 N–H and O–H groups in total. The first-order valence-electron chi connectivity index (χ1n) is 11.4. The van der Waals surface area contributed by atoms with Gasteiger partial charge in [0.2, 0.25) is 0 Å². The molecule has 5 rings (SSSR count). The van der Waals surface area contributed by atoms with E-state index in [-0.39, 0.29) is 41.3 Å². The van der Waals surface area contributed by atoms with Gasteiger partial charge in [-0.05, 0) is 49.2 Å². The summed E-state index contributed by atoms with van der Waals surface area (Å²) in [7, 11) is 0. The number of hydrogen-bond donors (Lipinski definition) is 1. The van der Waals surface area contributed by atoms with Gasteiger partial charge in [-0.15, -0.1) is 0 Å². The van der Waals surface area contributed by atoms with Crippen LogP contribution in [0.3, 0.4) is 0 Å². The molecule has 10 nitrogen and oxygen atoms in total. The van der Waals surface area contributed by atoms with E-state index in [1.807, 2.05) is 0 Å². The Bertz CT molecular complexity index is 1380. The Morgan fingerprint density at radius 3 is 2.58 bits per heavy atom. The number of rotatable bonds is 7. The lowest BCUT2D eigenvalue weighted by molar-refractivity contribution is -0.385. The Morgan fingerprint density at radius 2 is 1.81 bits per heavy atom. The summed E-state index contributed by atoms with van der Waals surface area (Å²) in [5.41, 5.74) is 0.578. The number of hydrogen-bond acceptors (Lipinski definition) is 7. The van der Waals surface area contributed by atoms with Crippen molar-refractivity contribution in [3.8, 4) is 11.5 Å². The zero-order chi connectivity index (χ0) is 25.2. The van der Waals surface area contributed by atoms with Crippen LogP contribution in [0.1, 0.15) is 43.9 Å². The van der Waals surface area contributed by atoms with Crippen molar-refractivity contribution in [3.05, 3.63) is 93.5 Å². The fourth-order valence-corrected chi connectivity index (χ4v) is 4.29. The van der Waals surface area contributed by atoms with E-state index in [0.717, 1.165) is 12.8 Å². The van der Waals surface area contributed by atoms with Gasteiger partial charge in [0.25, 0.3) is 23.4 Å². The predicted octanol–water partition coefficient (Wildman–Crippen LogP) is 4.41. The van der Waals surface area contributed by atoms with Crippen molar-refractivity contribution in [2.24, 2.45) is 0 Å². The molecule has 36 heavy (non-hydrogen) atoms. The van der Waals surface area contributed by atoms with Gasteiger partial charge in [-0.3, -0.25) is 29.4 Å². The third-order valence-corrected chi connectivity index (χ3v) is 6.03. The zero-order valence-electron chi connectivity index (χ0n) is 19.0. The highest BCUT2D eigenvalue weighted by atomic mass is 16.6. The number of carbonyl (C=O) groups is 3. The van der Waals surface area contributed by atoms with Crippen molar-refractivity contribution in [1.29, 1.82) is 0 Å². The molecule has 3 aromatic carbocycles. The molecule has 2 aliphatic rings. The maximum absolute atomic E-state index is 12.9. The maximum atomic E-state index is 12.9. The molecule has 1 saturated heterocycles. The molecule has 10 heteroatoms. The average Bonchev–Trinajstić information content (AvgIpc) is 3.47. The molecule has 3 aromatic rings. The minimum absolute atomic E-state index is 0.0665. The van der Waals surface area contributed by atoms with Crippen molar-refractivity contribution < 1.29 is 28.8 Å². The first-order chi connectivity index (χ1) is 17.4. The fraction of sp³-hybridized carbons (Fsp3) is 0.192. The summed E-state index contributed by atoms with van der Waals surface area (Å²) >= 11 is 0. The first kappa shape index (κ1) is 23.2. The number of para-hydroxylation sites is 1. The number of nitrogens with one attached hydrogen (secondary N) is 1. The van der Waals surface area contributed by atoms with E-state index in [1.165, 1.54) is 29.2 Å². The molecule has 0 bridgehead atoms. The van der Waals surface area contributed by atoms with Crippen molar-refractivity contribution in [1.82, 2.24) is 4.90 Å². The van der Waals surface area contributed by atoms with Gasteiger partial charge in [0, 0.05) is 24.4 Å². The van der Waals surface area contributed by atoms with Gasteiger partial charge in [0.05, 0.1) is 28.7 Å². The molecule has 1 unspecified atom stereocenters. The minimum Gasteiger partial charge on any atom is -0.457 e. The van der Waals surface area contributed by atoms with E-state index in [1.54, 1.807) is 42.5 Å². The van der Waals surface area contributed by atoms with E-state index in [4.69, 9.17) is 9.47 Å². The van der Waals surface area contributed by atoms with Gasteiger partial charge in [-0.2, -0.15) is 0 Å². The highest BCUT2D eigenvalue weighted by Gasteiger charge is 2.37. The number of amides is 3. The largest absolute Gasteiger partial charge is 0.457 e. The van der Waals surface area contributed by atoms with E-state index < -0.39 is 10.8 Å². The van der Waals surface area contributed by atoms with Gasteiger partial charge in [-0.25, -0.2) is 0 Å². The SMILES string of the molecule is O=C(Nc1cccc(Oc2ccc3c(c2)C(=O)N(CC2CCCO2)C3=O)c1)c1ccccc1[N+](=O)[O-]. The van der Waals surface area contributed by atoms with Gasteiger partial charge in [0.15, 0.2) is 0 Å². The van der Waals surface area contributed by atoms with Gasteiger partial charge < -0.3 is 14.8 Å². The Balaban J connectivity index is 1.30. The summed E-state index contributed by atoms with van der Waals surface area (Å²) < 4.78 is 11.4. The van der Waals surface area contributed by atoms with E-state index in [2.05, 4.69) is 5.32 Å². The van der Waals surface area contributed by atoms with Crippen LogP contribution in [0.5, 0.6) is 11.5 Å². The number of fused-ring (bicyclic) bond motifs is 1. The Morgan fingerprint density at radius 1 is 1.03 bits per heavy atom. The van der Waals surface area contributed by atoms with Gasteiger partial charge >= 0.3 is 0 Å². The van der Waals surface area contributed by atoms with Crippen LogP contribution >= 0.6 is 0 Å². The second-order valence-electron chi connectivity index (χ2n) is 8.42. The molecule has 0 aliphatic carbocycles. The van der Waals surface area contributed by atoms with Crippen LogP contribution in [0.2, 0.25) is 0 Å². The molecule has 2 aliphatic heterocycles. The Hall–Kier alpha value is -4.57. The lowest BCUT2D eigenvalue weighted by atomic mass is 10.1. The summed E-state index contributed by atoms with van der Waals surface area (Å²) in [5.74, 6) is -0.662. The van der Waals surface area contributed by atoms with Crippen LogP contribution in [0.25, 0.3) is 0 Å². The molecular weight excluding hydrogens is 466 g/mol. The van der Waals surface area contributed by atoms with Crippen LogP contribution < -0.4 is 10.1 Å². The monoisotopic (exact) mass is 487 g/mol. The molecule has 0 saturated carbocycles. The van der Waals surface area contributed by atoms with Crippen LogP contribution in [-0.2, 0) is 4.74 Å². The third kappa shape index (κ3) is 4.53. The van der Waals surface area contributed by atoms with Crippen LogP contribution in [0.15, 0.2) is 66.7 Å². The van der Waals surface area contributed by atoms with Crippen LogP contribution in [-0.4, -0.2) is 46.8 Å². The van der Waals surface area contributed by atoms with Crippen molar-refractivity contribution >= 4 is 29.1 Å². The van der Waals surface area contributed by atoms with Gasteiger partial charge in [-0.1, -0.05) is 18.2 Å². The fourth-order valence-electron chi connectivity index (χ4n) is 4.29. The van der Waals surface area contributed by atoms with E-state index in [0.29, 0.717) is 29.4 Å². The normalized spacial score (nSPS) is 16.7. The second-order valence-corrected chi connectivity index (χ2v) is 8.42. The minimum atomic E-state index is -0.632. The van der Waals surface area contributed by atoms with E-state index >= 15 is 0 Å². The molecule has 1 atom stereocenters. The highest BCUT2D eigenvalue weighted by molar-refractivity contribution is 6.21. The van der Waals surface area contributed by atoms with Gasteiger partial charge in [0.1, 0.15) is 17.1 Å².